The number of carbonyl (C=O) groups excluding carboxylic acids is 1. The molecule has 0 unspecified atom stereocenters. The Morgan fingerprint density at radius 2 is 1.96 bits per heavy atom. The Hall–Kier alpha value is -2.86. The first-order valence-corrected chi connectivity index (χ1v) is 9.02. The van der Waals surface area contributed by atoms with E-state index in [1.807, 2.05) is 41.3 Å². The molecule has 5 rings (SSSR count). The zero-order valence-electron chi connectivity index (χ0n) is 14.1. The summed E-state index contributed by atoms with van der Waals surface area (Å²) in [6.07, 6.45) is 0.575. The van der Waals surface area contributed by atoms with Crippen LogP contribution in [0.5, 0.6) is 5.75 Å². The molecule has 0 spiro atoms. The Kier molecular flexibility index (Phi) is 3.15. The van der Waals surface area contributed by atoms with Crippen molar-refractivity contribution in [1.82, 2.24) is 9.88 Å². The van der Waals surface area contributed by atoms with Gasteiger partial charge in [-0.1, -0.05) is 18.2 Å². The lowest BCUT2D eigenvalue weighted by Crippen LogP contribution is -2.42. The van der Waals surface area contributed by atoms with Crippen LogP contribution in [0.2, 0.25) is 0 Å². The molecule has 5 nitrogen and oxygen atoms in total. The van der Waals surface area contributed by atoms with Crippen molar-refractivity contribution in [3.63, 3.8) is 0 Å². The molecule has 3 heterocycles. The van der Waals surface area contributed by atoms with Gasteiger partial charge in [0.2, 0.25) is 0 Å². The second-order valence-electron chi connectivity index (χ2n) is 6.84. The predicted octanol–water partition coefficient (Wildman–Crippen LogP) is 3.49. The minimum atomic E-state index is -0.313. The van der Waals surface area contributed by atoms with E-state index in [9.17, 15) is 9.90 Å². The highest BCUT2D eigenvalue weighted by atomic mass is 32.1. The van der Waals surface area contributed by atoms with Gasteiger partial charge in [0, 0.05) is 23.0 Å². The van der Waals surface area contributed by atoms with Crippen LogP contribution in [0.15, 0.2) is 48.5 Å². The number of phenolic OH excluding ortho intramolecular Hbond substituents is 1. The lowest BCUT2D eigenvalue weighted by Gasteiger charge is -2.34. The molecule has 0 radical (unpaired) electrons. The van der Waals surface area contributed by atoms with E-state index in [1.165, 1.54) is 0 Å². The third kappa shape index (κ3) is 1.96. The number of hydrogen-bond acceptors (Lipinski definition) is 3. The van der Waals surface area contributed by atoms with Crippen molar-refractivity contribution in [2.45, 2.75) is 25.4 Å². The number of hydrogen-bond donors (Lipinski definition) is 2. The summed E-state index contributed by atoms with van der Waals surface area (Å²) in [6, 6.07) is 14.5. The molecule has 0 bridgehead atoms. The number of fused-ring (bicyclic) bond motifs is 4. The van der Waals surface area contributed by atoms with Gasteiger partial charge in [0.05, 0.1) is 11.7 Å². The summed E-state index contributed by atoms with van der Waals surface area (Å²) in [5.41, 5.74) is 3.93. The van der Waals surface area contributed by atoms with Crippen molar-refractivity contribution in [1.29, 1.82) is 0 Å². The summed E-state index contributed by atoms with van der Waals surface area (Å²) in [6.45, 7) is 2.06. The Bertz CT molecular complexity index is 1060. The van der Waals surface area contributed by atoms with Crippen LogP contribution in [0.4, 0.5) is 5.69 Å². The fourth-order valence-electron chi connectivity index (χ4n) is 4.21. The predicted molar refractivity (Wildman–Crippen MR) is 104 cm³/mol. The molecule has 26 heavy (non-hydrogen) atoms. The maximum Gasteiger partial charge on any atom is 0.256 e. The van der Waals surface area contributed by atoms with Gasteiger partial charge in [-0.3, -0.25) is 9.69 Å². The number of para-hydroxylation sites is 1. The Labute approximate surface area is 155 Å². The Morgan fingerprint density at radius 1 is 1.19 bits per heavy atom. The van der Waals surface area contributed by atoms with Crippen LogP contribution in [0.1, 0.15) is 24.2 Å². The number of aromatic amines is 1. The van der Waals surface area contributed by atoms with Gasteiger partial charge in [-0.2, -0.15) is 0 Å². The summed E-state index contributed by atoms with van der Waals surface area (Å²) in [7, 11) is 0. The number of nitrogens with zero attached hydrogens (tertiary/aromatic N) is 2. The number of amides is 1. The second kappa shape index (κ2) is 5.32. The molecule has 2 aromatic carbocycles. The molecular formula is C20H17N3O2S. The van der Waals surface area contributed by atoms with E-state index in [1.54, 1.807) is 17.0 Å². The number of nitrogens with one attached hydrogen (secondary N) is 1. The lowest BCUT2D eigenvalue weighted by atomic mass is 9.93. The number of benzene rings is 2. The number of H-pyrrole nitrogens is 1. The van der Waals surface area contributed by atoms with Gasteiger partial charge >= 0.3 is 0 Å². The number of thiocarbonyl (C=S) groups is 1. The van der Waals surface area contributed by atoms with Gasteiger partial charge in [-0.05, 0) is 55.0 Å². The Morgan fingerprint density at radius 3 is 2.73 bits per heavy atom. The molecule has 2 N–H and O–H groups in total. The molecular weight excluding hydrogens is 346 g/mol. The summed E-state index contributed by atoms with van der Waals surface area (Å²) in [5, 5.41) is 11.4. The molecule has 3 aromatic rings. The lowest BCUT2D eigenvalue weighted by molar-refractivity contribution is -0.120. The minimum Gasteiger partial charge on any atom is -0.508 e. The smallest absolute Gasteiger partial charge is 0.256 e. The van der Waals surface area contributed by atoms with E-state index in [2.05, 4.69) is 11.9 Å². The monoisotopic (exact) mass is 363 g/mol. The van der Waals surface area contributed by atoms with Gasteiger partial charge in [0.1, 0.15) is 11.8 Å². The van der Waals surface area contributed by atoms with Crippen LogP contribution >= 0.6 is 12.2 Å². The standard InChI is InChI=1S/C20H17N3O2S/c1-11-18-15(14-9-13(24)7-8-16(14)21-18)10-17-19(25)23(20(26)22(11)17)12-5-3-2-4-6-12/h2-9,11,17,21,24H,10H2,1H3/t11-,17+/m0/s1. The van der Waals surface area contributed by atoms with Gasteiger partial charge in [0.25, 0.3) is 5.91 Å². The van der Waals surface area contributed by atoms with Crippen LogP contribution in [0.25, 0.3) is 10.9 Å². The number of aromatic hydroxyl groups is 1. The SMILES string of the molecule is C[C@H]1c2[nH]c3ccc(O)cc3c2C[C@@H]2C(=O)N(c3ccccc3)C(=S)N21. The minimum absolute atomic E-state index is 0.00760. The Balaban J connectivity index is 1.62. The zero-order valence-corrected chi connectivity index (χ0v) is 15.0. The highest BCUT2D eigenvalue weighted by Gasteiger charge is 2.49. The molecule has 2 atom stereocenters. The maximum absolute atomic E-state index is 13.2. The van der Waals surface area contributed by atoms with Gasteiger partial charge in [-0.15, -0.1) is 0 Å². The van der Waals surface area contributed by atoms with Gasteiger partial charge < -0.3 is 15.0 Å². The van der Waals surface area contributed by atoms with Gasteiger partial charge in [-0.25, -0.2) is 0 Å². The maximum atomic E-state index is 13.2. The number of anilines is 1. The second-order valence-corrected chi connectivity index (χ2v) is 7.21. The third-order valence-electron chi connectivity index (χ3n) is 5.42. The number of rotatable bonds is 1. The number of aromatic nitrogens is 1. The van der Waals surface area contributed by atoms with Crippen molar-refractivity contribution in [3.8, 4) is 5.75 Å². The van der Waals surface area contributed by atoms with Crippen molar-refractivity contribution < 1.29 is 9.90 Å². The van der Waals surface area contributed by atoms with Crippen LogP contribution in [0, 0.1) is 0 Å². The van der Waals surface area contributed by atoms with Crippen molar-refractivity contribution in [2.75, 3.05) is 4.90 Å². The largest absolute Gasteiger partial charge is 0.508 e. The van der Waals surface area contributed by atoms with Crippen molar-refractivity contribution in [2.24, 2.45) is 0 Å². The van der Waals surface area contributed by atoms with Crippen molar-refractivity contribution >= 4 is 39.8 Å². The quantitative estimate of drug-likeness (QED) is 0.650. The molecule has 6 heteroatoms. The zero-order chi connectivity index (χ0) is 18.0. The molecule has 0 aliphatic carbocycles. The molecule has 2 aliphatic rings. The van der Waals surface area contributed by atoms with Gasteiger partial charge in [0.15, 0.2) is 5.11 Å². The first-order chi connectivity index (χ1) is 12.6. The first-order valence-electron chi connectivity index (χ1n) is 8.61. The van der Waals surface area contributed by atoms with Crippen LogP contribution in [0.3, 0.4) is 0 Å². The summed E-state index contributed by atoms with van der Waals surface area (Å²) in [5.74, 6) is 0.238. The number of phenols is 1. The third-order valence-corrected chi connectivity index (χ3v) is 5.82. The summed E-state index contributed by atoms with van der Waals surface area (Å²) in [4.78, 5) is 20.3. The molecule has 1 fully saturated rings. The summed E-state index contributed by atoms with van der Waals surface area (Å²) >= 11 is 5.68. The topological polar surface area (TPSA) is 59.6 Å². The molecule has 1 amide bonds. The van der Waals surface area contributed by atoms with E-state index in [0.29, 0.717) is 11.5 Å². The highest BCUT2D eigenvalue weighted by molar-refractivity contribution is 7.80. The molecule has 2 aliphatic heterocycles. The summed E-state index contributed by atoms with van der Waals surface area (Å²) < 4.78 is 0. The number of carbonyl (C=O) groups is 1. The van der Waals surface area contributed by atoms with Crippen LogP contribution in [-0.2, 0) is 11.2 Å². The van der Waals surface area contributed by atoms with Crippen LogP contribution in [-0.4, -0.2) is 32.1 Å². The average molecular weight is 363 g/mol. The molecule has 0 saturated carbocycles. The van der Waals surface area contributed by atoms with E-state index >= 15 is 0 Å². The van der Waals surface area contributed by atoms with Crippen LogP contribution < -0.4 is 4.90 Å². The highest BCUT2D eigenvalue weighted by Crippen LogP contribution is 2.42. The van der Waals surface area contributed by atoms with E-state index < -0.39 is 0 Å². The molecule has 1 aromatic heterocycles. The van der Waals surface area contributed by atoms with E-state index in [4.69, 9.17) is 12.2 Å². The normalized spacial score (nSPS) is 22.0. The van der Waals surface area contributed by atoms with E-state index in [-0.39, 0.29) is 23.7 Å². The fraction of sp³-hybridized carbons (Fsp3) is 0.200. The molecule has 130 valence electrons. The first kappa shape index (κ1) is 15.4. The average Bonchev–Trinajstić information content (AvgIpc) is 3.12. The van der Waals surface area contributed by atoms with Crippen molar-refractivity contribution in [3.05, 3.63) is 59.8 Å². The fourth-order valence-corrected chi connectivity index (χ4v) is 4.69. The van der Waals surface area contributed by atoms with E-state index in [0.717, 1.165) is 27.8 Å². The molecule has 1 saturated heterocycles.